The molecule has 1 aromatic rings. The van der Waals surface area contributed by atoms with Crippen LogP contribution in [0.4, 0.5) is 10.1 Å². The van der Waals surface area contributed by atoms with Gasteiger partial charge in [0.15, 0.2) is 6.61 Å². The second-order valence-corrected chi connectivity index (χ2v) is 6.07. The first-order valence-electron chi connectivity index (χ1n) is 6.39. The van der Waals surface area contributed by atoms with E-state index in [1.54, 1.807) is 0 Å². The van der Waals surface area contributed by atoms with E-state index in [-0.39, 0.29) is 21.3 Å². The third-order valence-electron chi connectivity index (χ3n) is 3.00. The van der Waals surface area contributed by atoms with Crippen LogP contribution in [0.25, 0.3) is 0 Å². The predicted molar refractivity (Wildman–Crippen MR) is 81.3 cm³/mol. The summed E-state index contributed by atoms with van der Waals surface area (Å²) in [5.74, 6) is -1.79. The number of nitrogens with one attached hydrogen (secondary N) is 1. The average Bonchev–Trinajstić information content (AvgIpc) is 2.39. The molecular formula is C14H18BrFN2O3. The van der Waals surface area contributed by atoms with Crippen molar-refractivity contribution in [3.8, 4) is 0 Å². The number of amides is 1. The number of benzene rings is 1. The van der Waals surface area contributed by atoms with Crippen LogP contribution in [0, 0.1) is 5.82 Å². The van der Waals surface area contributed by atoms with Crippen molar-refractivity contribution < 1.29 is 18.7 Å². The Morgan fingerprint density at radius 2 is 2.05 bits per heavy atom. The molecule has 0 aliphatic heterocycles. The molecule has 0 radical (unpaired) electrons. The zero-order chi connectivity index (χ0) is 16.2. The molecule has 7 heteroatoms. The fourth-order valence-corrected chi connectivity index (χ4v) is 1.91. The van der Waals surface area contributed by atoms with Crippen LogP contribution in [-0.2, 0) is 9.53 Å². The second kappa shape index (κ2) is 6.89. The highest BCUT2D eigenvalue weighted by Gasteiger charge is 2.20. The number of nitrogen functional groups attached to an aromatic ring is 1. The summed E-state index contributed by atoms with van der Waals surface area (Å²) in [7, 11) is 0. The van der Waals surface area contributed by atoms with Gasteiger partial charge in [-0.1, -0.05) is 6.92 Å². The molecule has 0 atom stereocenters. The van der Waals surface area contributed by atoms with Crippen molar-refractivity contribution in [2.45, 2.75) is 32.7 Å². The molecule has 0 unspecified atom stereocenters. The van der Waals surface area contributed by atoms with Crippen molar-refractivity contribution in [2.75, 3.05) is 12.3 Å². The summed E-state index contributed by atoms with van der Waals surface area (Å²) < 4.78 is 18.3. The van der Waals surface area contributed by atoms with Crippen LogP contribution in [0.2, 0.25) is 0 Å². The van der Waals surface area contributed by atoms with E-state index in [2.05, 4.69) is 21.2 Å². The highest BCUT2D eigenvalue weighted by atomic mass is 79.9. The largest absolute Gasteiger partial charge is 0.452 e. The maximum atomic E-state index is 13.2. The summed E-state index contributed by atoms with van der Waals surface area (Å²) in [5.41, 5.74) is 4.93. The molecule has 0 saturated carbocycles. The Balaban J connectivity index is 2.67. The standard InChI is InChI=1S/C14H18BrFN2O3/c1-4-14(2,3)18-12(19)7-21-13(20)8-5-11(17)10(16)6-9(8)15/h5-6H,4,7,17H2,1-3H3,(H,18,19). The van der Waals surface area contributed by atoms with Crippen LogP contribution in [0.1, 0.15) is 37.6 Å². The Morgan fingerprint density at radius 1 is 1.43 bits per heavy atom. The number of anilines is 1. The van der Waals surface area contributed by atoms with E-state index >= 15 is 0 Å². The third kappa shape index (κ3) is 5.00. The summed E-state index contributed by atoms with van der Waals surface area (Å²) in [6, 6.07) is 2.24. The van der Waals surface area contributed by atoms with E-state index < -0.39 is 24.3 Å². The number of ether oxygens (including phenoxy) is 1. The van der Waals surface area contributed by atoms with E-state index in [0.717, 1.165) is 18.6 Å². The first-order valence-corrected chi connectivity index (χ1v) is 7.18. The maximum absolute atomic E-state index is 13.2. The van der Waals surface area contributed by atoms with Gasteiger partial charge in [0.1, 0.15) is 5.82 Å². The lowest BCUT2D eigenvalue weighted by Crippen LogP contribution is -2.44. The number of carbonyl (C=O) groups excluding carboxylic acids is 2. The van der Waals surface area contributed by atoms with Gasteiger partial charge >= 0.3 is 5.97 Å². The minimum absolute atomic E-state index is 0.0662. The smallest absolute Gasteiger partial charge is 0.339 e. The van der Waals surface area contributed by atoms with Gasteiger partial charge in [0.05, 0.1) is 11.3 Å². The summed E-state index contributed by atoms with van der Waals surface area (Å²) in [6.45, 7) is 5.25. The molecule has 116 valence electrons. The highest BCUT2D eigenvalue weighted by molar-refractivity contribution is 9.10. The Kier molecular flexibility index (Phi) is 5.71. The Hall–Kier alpha value is -1.63. The Labute approximate surface area is 131 Å². The minimum Gasteiger partial charge on any atom is -0.452 e. The SMILES string of the molecule is CCC(C)(C)NC(=O)COC(=O)c1cc(N)c(F)cc1Br. The van der Waals surface area contributed by atoms with Gasteiger partial charge in [0, 0.05) is 10.0 Å². The fourth-order valence-electron chi connectivity index (χ4n) is 1.43. The fraction of sp³-hybridized carbons (Fsp3) is 0.429. The van der Waals surface area contributed by atoms with Gasteiger partial charge in [-0.2, -0.15) is 0 Å². The van der Waals surface area contributed by atoms with Crippen LogP contribution in [-0.4, -0.2) is 24.0 Å². The lowest BCUT2D eigenvalue weighted by atomic mass is 10.0. The first kappa shape index (κ1) is 17.4. The number of carbonyl (C=O) groups is 2. The minimum atomic E-state index is -0.752. The second-order valence-electron chi connectivity index (χ2n) is 5.22. The number of hydrogen-bond donors (Lipinski definition) is 2. The molecule has 0 heterocycles. The zero-order valence-electron chi connectivity index (χ0n) is 12.1. The van der Waals surface area contributed by atoms with Crippen molar-refractivity contribution >= 4 is 33.5 Å². The van der Waals surface area contributed by atoms with Gasteiger partial charge in [-0.3, -0.25) is 4.79 Å². The monoisotopic (exact) mass is 360 g/mol. The summed E-state index contributed by atoms with van der Waals surface area (Å²) in [4.78, 5) is 23.5. The molecule has 0 spiro atoms. The van der Waals surface area contributed by atoms with Crippen LogP contribution >= 0.6 is 15.9 Å². The third-order valence-corrected chi connectivity index (χ3v) is 3.66. The Morgan fingerprint density at radius 3 is 2.62 bits per heavy atom. The van der Waals surface area contributed by atoms with Crippen LogP contribution in [0.15, 0.2) is 16.6 Å². The number of nitrogens with two attached hydrogens (primary N) is 1. The highest BCUT2D eigenvalue weighted by Crippen LogP contribution is 2.23. The number of rotatable bonds is 5. The van der Waals surface area contributed by atoms with Gasteiger partial charge in [0.2, 0.25) is 0 Å². The molecule has 1 aromatic carbocycles. The van der Waals surface area contributed by atoms with E-state index in [4.69, 9.17) is 10.5 Å². The van der Waals surface area contributed by atoms with Gasteiger partial charge in [-0.15, -0.1) is 0 Å². The molecule has 0 saturated heterocycles. The van der Waals surface area contributed by atoms with E-state index in [9.17, 15) is 14.0 Å². The molecular weight excluding hydrogens is 343 g/mol. The van der Waals surface area contributed by atoms with E-state index in [1.165, 1.54) is 0 Å². The molecule has 0 fully saturated rings. The molecule has 5 nitrogen and oxygen atoms in total. The predicted octanol–water partition coefficient (Wildman–Crippen LogP) is 2.63. The average molecular weight is 361 g/mol. The summed E-state index contributed by atoms with van der Waals surface area (Å²) in [5, 5.41) is 2.74. The molecule has 0 bridgehead atoms. The lowest BCUT2D eigenvalue weighted by Gasteiger charge is -2.24. The van der Waals surface area contributed by atoms with Crippen molar-refractivity contribution in [1.29, 1.82) is 0 Å². The number of halogens is 2. The zero-order valence-corrected chi connectivity index (χ0v) is 13.7. The van der Waals surface area contributed by atoms with Crippen molar-refractivity contribution in [2.24, 2.45) is 0 Å². The van der Waals surface area contributed by atoms with Crippen molar-refractivity contribution in [1.82, 2.24) is 5.32 Å². The summed E-state index contributed by atoms with van der Waals surface area (Å²) in [6.07, 6.45) is 0.743. The number of esters is 1. The van der Waals surface area contributed by atoms with Crippen molar-refractivity contribution in [3.63, 3.8) is 0 Å². The molecule has 0 aliphatic rings. The molecule has 21 heavy (non-hydrogen) atoms. The molecule has 0 aromatic heterocycles. The van der Waals surface area contributed by atoms with Crippen LogP contribution < -0.4 is 11.1 Å². The molecule has 3 N–H and O–H groups in total. The molecule has 1 amide bonds. The van der Waals surface area contributed by atoms with Gasteiger partial charge in [-0.05, 0) is 48.3 Å². The maximum Gasteiger partial charge on any atom is 0.339 e. The number of hydrogen-bond acceptors (Lipinski definition) is 4. The molecule has 0 aliphatic carbocycles. The van der Waals surface area contributed by atoms with Crippen LogP contribution in [0.5, 0.6) is 0 Å². The van der Waals surface area contributed by atoms with E-state index in [0.29, 0.717) is 0 Å². The van der Waals surface area contributed by atoms with Gasteiger partial charge in [0.25, 0.3) is 5.91 Å². The topological polar surface area (TPSA) is 81.4 Å². The lowest BCUT2D eigenvalue weighted by molar-refractivity contribution is -0.125. The van der Waals surface area contributed by atoms with Gasteiger partial charge in [-0.25, -0.2) is 9.18 Å². The molecule has 1 rings (SSSR count). The quantitative estimate of drug-likeness (QED) is 0.624. The normalized spacial score (nSPS) is 11.1. The van der Waals surface area contributed by atoms with Crippen molar-refractivity contribution in [3.05, 3.63) is 28.0 Å². The van der Waals surface area contributed by atoms with E-state index in [1.807, 2.05) is 20.8 Å². The van der Waals surface area contributed by atoms with Crippen LogP contribution in [0.3, 0.4) is 0 Å². The Bertz CT molecular complexity index is 561. The van der Waals surface area contributed by atoms with Gasteiger partial charge < -0.3 is 15.8 Å². The summed E-state index contributed by atoms with van der Waals surface area (Å²) >= 11 is 3.05. The first-order chi connectivity index (χ1) is 9.66.